The van der Waals surface area contributed by atoms with E-state index < -0.39 is 42.6 Å². The molecule has 1 saturated heterocycles. The molecule has 0 saturated carbocycles. The van der Waals surface area contributed by atoms with Crippen LogP contribution in [0.1, 0.15) is 104 Å². The Kier molecular flexibility index (Phi) is 15.2. The topological polar surface area (TPSA) is 99.1 Å². The van der Waals surface area contributed by atoms with Crippen LogP contribution in [0.4, 0.5) is 0 Å². The summed E-state index contributed by atoms with van der Waals surface area (Å²) in [6.45, 7) is 3.34. The highest BCUT2D eigenvalue weighted by molar-refractivity contribution is 6.09. The van der Waals surface area contributed by atoms with Crippen molar-refractivity contribution < 1.29 is 33.7 Å². The summed E-state index contributed by atoms with van der Waals surface area (Å²) in [5.41, 5.74) is 0. The zero-order valence-corrected chi connectivity index (χ0v) is 19.4. The van der Waals surface area contributed by atoms with Crippen LogP contribution in [0.5, 0.6) is 0 Å². The lowest BCUT2D eigenvalue weighted by Crippen LogP contribution is -2.38. The van der Waals surface area contributed by atoms with Crippen molar-refractivity contribution in [1.29, 1.82) is 0 Å². The molecule has 1 unspecified atom stereocenters. The maximum absolute atomic E-state index is 12.2. The Balaban J connectivity index is 1.99. The van der Waals surface area contributed by atoms with Crippen LogP contribution in [0.3, 0.4) is 0 Å². The Bertz CT molecular complexity index is 520. The standard InChI is InChI=1S/C24H42O7/c1-3-4-5-6-7-8-9-10-11-12-13-14-15-16-17-29-23-21(27)22(31-24(23)28)20(26)18-30-19(2)25/h20,22-23,26H,3-18H2,1-2H3/t20-,22+,23?/m0/s1. The number of unbranched alkanes of at least 4 members (excludes halogenated alkanes) is 13. The Morgan fingerprint density at radius 2 is 1.39 bits per heavy atom. The van der Waals surface area contributed by atoms with Gasteiger partial charge >= 0.3 is 11.9 Å². The minimum atomic E-state index is -1.38. The highest BCUT2D eigenvalue weighted by Crippen LogP contribution is 2.19. The number of aliphatic hydroxyl groups is 1. The zero-order valence-electron chi connectivity index (χ0n) is 19.4. The van der Waals surface area contributed by atoms with E-state index in [1.165, 1.54) is 77.6 Å². The molecular formula is C24H42O7. The van der Waals surface area contributed by atoms with Crippen LogP contribution >= 0.6 is 0 Å². The van der Waals surface area contributed by atoms with E-state index in [9.17, 15) is 19.5 Å². The van der Waals surface area contributed by atoms with E-state index >= 15 is 0 Å². The molecule has 1 heterocycles. The van der Waals surface area contributed by atoms with E-state index in [0.29, 0.717) is 6.61 Å². The lowest BCUT2D eigenvalue weighted by Gasteiger charge is -2.15. The molecule has 1 fully saturated rings. The van der Waals surface area contributed by atoms with Crippen LogP contribution in [0.15, 0.2) is 0 Å². The van der Waals surface area contributed by atoms with E-state index in [-0.39, 0.29) is 0 Å². The van der Waals surface area contributed by atoms with Gasteiger partial charge in [0.15, 0.2) is 6.10 Å². The predicted molar refractivity (Wildman–Crippen MR) is 118 cm³/mol. The molecular weight excluding hydrogens is 400 g/mol. The lowest BCUT2D eigenvalue weighted by molar-refractivity contribution is -0.156. The summed E-state index contributed by atoms with van der Waals surface area (Å²) in [6.07, 6.45) is 13.5. The van der Waals surface area contributed by atoms with Crippen molar-refractivity contribution in [2.75, 3.05) is 13.2 Å². The number of Topliss-reactive ketones (excluding diaryl/α,β-unsaturated/α-hetero) is 1. The van der Waals surface area contributed by atoms with Gasteiger partial charge in [0.05, 0.1) is 0 Å². The number of esters is 2. The molecule has 0 spiro atoms. The molecule has 180 valence electrons. The average Bonchev–Trinajstić information content (AvgIpc) is 3.02. The number of carbonyl (C=O) groups excluding carboxylic acids is 3. The first-order valence-corrected chi connectivity index (χ1v) is 12.1. The van der Waals surface area contributed by atoms with Gasteiger partial charge in [0.25, 0.3) is 0 Å². The number of ketones is 1. The van der Waals surface area contributed by atoms with Gasteiger partial charge in [-0.15, -0.1) is 0 Å². The monoisotopic (exact) mass is 442 g/mol. The number of ether oxygens (including phenoxy) is 3. The summed E-state index contributed by atoms with van der Waals surface area (Å²) >= 11 is 0. The second-order valence-corrected chi connectivity index (χ2v) is 8.48. The number of hydrogen-bond donors (Lipinski definition) is 1. The van der Waals surface area contributed by atoms with Crippen LogP contribution in [-0.2, 0) is 28.6 Å². The summed E-state index contributed by atoms with van der Waals surface area (Å²) in [4.78, 5) is 34.8. The summed E-state index contributed by atoms with van der Waals surface area (Å²) in [5.74, 6) is -1.99. The normalized spacial score (nSPS) is 19.5. The Morgan fingerprint density at radius 3 is 1.87 bits per heavy atom. The van der Waals surface area contributed by atoms with Crippen molar-refractivity contribution in [1.82, 2.24) is 0 Å². The molecule has 0 aliphatic carbocycles. The fourth-order valence-electron chi connectivity index (χ4n) is 3.72. The van der Waals surface area contributed by atoms with Crippen LogP contribution in [0.2, 0.25) is 0 Å². The molecule has 0 aromatic carbocycles. The van der Waals surface area contributed by atoms with Gasteiger partial charge in [-0.25, -0.2) is 4.79 Å². The minimum Gasteiger partial charge on any atom is -0.463 e. The maximum Gasteiger partial charge on any atom is 0.344 e. The Hall–Kier alpha value is -1.47. The molecule has 0 radical (unpaired) electrons. The number of carbonyl (C=O) groups is 3. The molecule has 0 amide bonds. The van der Waals surface area contributed by atoms with Crippen LogP contribution < -0.4 is 0 Å². The molecule has 0 aromatic heterocycles. The lowest BCUT2D eigenvalue weighted by atomic mass is 10.0. The van der Waals surface area contributed by atoms with Gasteiger partial charge in [-0.05, 0) is 6.42 Å². The molecule has 7 heteroatoms. The highest BCUT2D eigenvalue weighted by Gasteiger charge is 2.47. The molecule has 3 atom stereocenters. The third kappa shape index (κ3) is 12.2. The van der Waals surface area contributed by atoms with E-state index in [2.05, 4.69) is 11.7 Å². The minimum absolute atomic E-state index is 0.302. The third-order valence-corrected chi connectivity index (χ3v) is 5.59. The number of hydrogen-bond acceptors (Lipinski definition) is 7. The highest BCUT2D eigenvalue weighted by atomic mass is 16.6. The Morgan fingerprint density at radius 1 is 0.903 bits per heavy atom. The molecule has 31 heavy (non-hydrogen) atoms. The van der Waals surface area contributed by atoms with Gasteiger partial charge in [0.2, 0.25) is 11.9 Å². The molecule has 7 nitrogen and oxygen atoms in total. The molecule has 1 aliphatic rings. The summed E-state index contributed by atoms with van der Waals surface area (Å²) in [7, 11) is 0. The quantitative estimate of drug-likeness (QED) is 0.181. The summed E-state index contributed by atoms with van der Waals surface area (Å²) in [5, 5.41) is 9.88. The smallest absolute Gasteiger partial charge is 0.344 e. The number of rotatable bonds is 19. The fraction of sp³-hybridized carbons (Fsp3) is 0.875. The first-order valence-electron chi connectivity index (χ1n) is 12.1. The van der Waals surface area contributed by atoms with Gasteiger partial charge in [0.1, 0.15) is 12.7 Å². The second-order valence-electron chi connectivity index (χ2n) is 8.48. The number of aliphatic hydroxyl groups excluding tert-OH is 1. The van der Waals surface area contributed by atoms with Crippen molar-refractivity contribution in [3.05, 3.63) is 0 Å². The van der Waals surface area contributed by atoms with Crippen molar-refractivity contribution >= 4 is 17.7 Å². The second kappa shape index (κ2) is 17.1. The number of cyclic esters (lactones) is 1. The molecule has 0 bridgehead atoms. The van der Waals surface area contributed by atoms with Crippen LogP contribution in [-0.4, -0.2) is 54.4 Å². The van der Waals surface area contributed by atoms with Gasteiger partial charge in [0, 0.05) is 13.5 Å². The van der Waals surface area contributed by atoms with Gasteiger partial charge < -0.3 is 19.3 Å². The van der Waals surface area contributed by atoms with E-state index in [1.807, 2.05) is 0 Å². The van der Waals surface area contributed by atoms with Gasteiger partial charge in [-0.2, -0.15) is 0 Å². The van der Waals surface area contributed by atoms with Gasteiger partial charge in [-0.1, -0.05) is 90.4 Å². The third-order valence-electron chi connectivity index (χ3n) is 5.59. The van der Waals surface area contributed by atoms with E-state index in [1.54, 1.807) is 0 Å². The van der Waals surface area contributed by atoms with Crippen molar-refractivity contribution in [2.45, 2.75) is 122 Å². The van der Waals surface area contributed by atoms with E-state index in [4.69, 9.17) is 9.47 Å². The summed E-state index contributed by atoms with van der Waals surface area (Å²) < 4.78 is 14.9. The fourth-order valence-corrected chi connectivity index (χ4v) is 3.72. The molecule has 1 rings (SSSR count). The van der Waals surface area contributed by atoms with Crippen LogP contribution in [0.25, 0.3) is 0 Å². The molecule has 1 aliphatic heterocycles. The molecule has 1 N–H and O–H groups in total. The largest absolute Gasteiger partial charge is 0.463 e. The Labute approximate surface area is 187 Å². The average molecular weight is 443 g/mol. The van der Waals surface area contributed by atoms with Crippen molar-refractivity contribution in [3.8, 4) is 0 Å². The first-order chi connectivity index (χ1) is 15.0. The maximum atomic E-state index is 12.2. The predicted octanol–water partition coefficient (Wildman–Crippen LogP) is 4.27. The first kappa shape index (κ1) is 27.6. The zero-order chi connectivity index (χ0) is 22.9. The summed E-state index contributed by atoms with van der Waals surface area (Å²) in [6, 6.07) is 0. The SMILES string of the molecule is CCCCCCCCCCCCCCCCOC1C(=O)O[C@H]([C@@H](O)COC(C)=O)C1=O. The van der Waals surface area contributed by atoms with E-state index in [0.717, 1.165) is 19.3 Å². The van der Waals surface area contributed by atoms with Crippen LogP contribution in [0, 0.1) is 0 Å². The van der Waals surface area contributed by atoms with Crippen molar-refractivity contribution in [2.24, 2.45) is 0 Å². The molecule has 0 aromatic rings. The van der Waals surface area contributed by atoms with Gasteiger partial charge in [-0.3, -0.25) is 9.59 Å². The van der Waals surface area contributed by atoms with Crippen molar-refractivity contribution in [3.63, 3.8) is 0 Å².